The van der Waals surface area contributed by atoms with Crippen molar-refractivity contribution in [1.82, 2.24) is 5.32 Å². The molecular formula is C12H14N2O7. The molecule has 0 heterocycles. The van der Waals surface area contributed by atoms with E-state index in [0.29, 0.717) is 0 Å². The van der Waals surface area contributed by atoms with E-state index in [1.165, 1.54) is 19.2 Å². The van der Waals surface area contributed by atoms with Gasteiger partial charge >= 0.3 is 5.97 Å². The maximum Gasteiger partial charge on any atom is 0.326 e. The molecule has 9 heteroatoms. The van der Waals surface area contributed by atoms with E-state index in [1.54, 1.807) is 0 Å². The van der Waals surface area contributed by atoms with Crippen LogP contribution in [0, 0.1) is 10.1 Å². The molecule has 1 amide bonds. The second-order valence-corrected chi connectivity index (χ2v) is 3.99. The second kappa shape index (κ2) is 7.20. The number of carbonyl (C=O) groups excluding carboxylic acids is 1. The van der Waals surface area contributed by atoms with Crippen molar-refractivity contribution in [2.75, 3.05) is 13.7 Å². The number of hydrogen-bond donors (Lipinski definition) is 3. The van der Waals surface area contributed by atoms with Crippen molar-refractivity contribution >= 4 is 17.6 Å². The van der Waals surface area contributed by atoms with Crippen molar-refractivity contribution in [2.24, 2.45) is 0 Å². The summed E-state index contributed by atoms with van der Waals surface area (Å²) in [6, 6.07) is 2.45. The fraction of sp³-hybridized carbons (Fsp3) is 0.333. The molecule has 3 N–H and O–H groups in total. The fourth-order valence-corrected chi connectivity index (χ4v) is 1.69. The van der Waals surface area contributed by atoms with Gasteiger partial charge in [-0.2, -0.15) is 0 Å². The van der Waals surface area contributed by atoms with E-state index in [4.69, 9.17) is 14.9 Å². The Morgan fingerprint density at radius 1 is 1.48 bits per heavy atom. The maximum atomic E-state index is 12.1. The van der Waals surface area contributed by atoms with Gasteiger partial charge in [0.25, 0.3) is 11.6 Å². The van der Waals surface area contributed by atoms with Gasteiger partial charge in [-0.15, -0.1) is 0 Å². The van der Waals surface area contributed by atoms with Gasteiger partial charge in [0.15, 0.2) is 5.56 Å². The zero-order valence-electron chi connectivity index (χ0n) is 11.1. The highest BCUT2D eigenvalue weighted by atomic mass is 16.6. The van der Waals surface area contributed by atoms with Crippen LogP contribution in [0.15, 0.2) is 18.2 Å². The van der Waals surface area contributed by atoms with E-state index < -0.39 is 35.1 Å². The average molecular weight is 298 g/mol. The standard InChI is InChI=1S/C12H14N2O7/c1-21-9-4-2-3-8(14(19)20)10(9)11(16)13-7(5-6-15)12(17)18/h2-4,7,15H,5-6H2,1H3,(H,13,16)(H,17,18)/t7-/m1/s1. The normalized spacial score (nSPS) is 11.5. The summed E-state index contributed by atoms with van der Waals surface area (Å²) in [6.07, 6.45) is -0.218. The predicted molar refractivity (Wildman–Crippen MR) is 70.2 cm³/mol. The molecule has 0 aromatic heterocycles. The number of nitrogens with zero attached hydrogens (tertiary/aromatic N) is 1. The maximum absolute atomic E-state index is 12.1. The lowest BCUT2D eigenvalue weighted by atomic mass is 10.1. The summed E-state index contributed by atoms with van der Waals surface area (Å²) in [5, 5.41) is 30.8. The smallest absolute Gasteiger partial charge is 0.326 e. The molecule has 1 aromatic carbocycles. The van der Waals surface area contributed by atoms with Crippen molar-refractivity contribution < 1.29 is 29.5 Å². The lowest BCUT2D eigenvalue weighted by Gasteiger charge is -2.14. The number of methoxy groups -OCH3 is 1. The van der Waals surface area contributed by atoms with Crippen LogP contribution < -0.4 is 10.1 Å². The van der Waals surface area contributed by atoms with Gasteiger partial charge < -0.3 is 20.3 Å². The van der Waals surface area contributed by atoms with Crippen LogP contribution in [0.1, 0.15) is 16.8 Å². The minimum atomic E-state index is -1.35. The Hall–Kier alpha value is -2.68. The van der Waals surface area contributed by atoms with Crippen LogP contribution in [-0.4, -0.2) is 46.8 Å². The number of nitro groups is 1. The van der Waals surface area contributed by atoms with E-state index >= 15 is 0 Å². The molecule has 0 saturated heterocycles. The number of carboxylic acids is 1. The van der Waals surface area contributed by atoms with Crippen LogP contribution in [-0.2, 0) is 4.79 Å². The molecule has 1 rings (SSSR count). The number of hydrogen-bond acceptors (Lipinski definition) is 6. The lowest BCUT2D eigenvalue weighted by molar-refractivity contribution is -0.385. The lowest BCUT2D eigenvalue weighted by Crippen LogP contribution is -2.41. The summed E-state index contributed by atoms with van der Waals surface area (Å²) in [7, 11) is 1.23. The number of nitro benzene ring substituents is 1. The van der Waals surface area contributed by atoms with E-state index in [9.17, 15) is 19.7 Å². The van der Waals surface area contributed by atoms with Gasteiger partial charge in [0, 0.05) is 19.1 Å². The number of carboxylic acid groups (broad SMARTS) is 1. The monoisotopic (exact) mass is 298 g/mol. The first-order valence-electron chi connectivity index (χ1n) is 5.88. The molecule has 0 saturated carbocycles. The number of aliphatic hydroxyl groups is 1. The molecule has 0 bridgehead atoms. The number of aliphatic hydroxyl groups excluding tert-OH is 1. The molecule has 0 aliphatic carbocycles. The quantitative estimate of drug-likeness (QED) is 0.481. The van der Waals surface area contributed by atoms with Gasteiger partial charge in [-0.05, 0) is 6.07 Å². The minimum absolute atomic E-state index is 0.0464. The largest absolute Gasteiger partial charge is 0.496 e. The number of nitrogens with one attached hydrogen (secondary N) is 1. The number of amides is 1. The third kappa shape index (κ3) is 3.89. The van der Waals surface area contributed by atoms with Crippen LogP contribution in [0.4, 0.5) is 5.69 Å². The van der Waals surface area contributed by atoms with Crippen LogP contribution in [0.3, 0.4) is 0 Å². The Morgan fingerprint density at radius 2 is 2.14 bits per heavy atom. The second-order valence-electron chi connectivity index (χ2n) is 3.99. The molecule has 21 heavy (non-hydrogen) atoms. The summed E-state index contributed by atoms with van der Waals surface area (Å²) in [5.41, 5.74) is -0.867. The van der Waals surface area contributed by atoms with Crippen molar-refractivity contribution in [1.29, 1.82) is 0 Å². The number of rotatable bonds is 7. The van der Waals surface area contributed by atoms with Gasteiger partial charge in [-0.1, -0.05) is 6.07 Å². The SMILES string of the molecule is COc1cccc([N+](=O)[O-])c1C(=O)N[C@H](CCO)C(=O)O. The average Bonchev–Trinajstić information content (AvgIpc) is 2.45. The molecule has 0 aliphatic rings. The Kier molecular flexibility index (Phi) is 5.61. The van der Waals surface area contributed by atoms with E-state index in [0.717, 1.165) is 6.07 Å². The number of ether oxygens (including phenoxy) is 1. The van der Waals surface area contributed by atoms with E-state index in [1.807, 2.05) is 0 Å². The molecule has 1 aromatic rings. The molecular weight excluding hydrogens is 284 g/mol. The van der Waals surface area contributed by atoms with Crippen molar-refractivity contribution in [2.45, 2.75) is 12.5 Å². The van der Waals surface area contributed by atoms with Gasteiger partial charge in [0.05, 0.1) is 12.0 Å². The number of benzene rings is 1. The highest BCUT2D eigenvalue weighted by Crippen LogP contribution is 2.28. The van der Waals surface area contributed by atoms with Gasteiger partial charge in [-0.25, -0.2) is 4.79 Å². The van der Waals surface area contributed by atoms with Crippen LogP contribution in [0.5, 0.6) is 5.75 Å². The first kappa shape index (κ1) is 16.4. The zero-order valence-corrected chi connectivity index (χ0v) is 11.1. The Bertz CT molecular complexity index is 559. The van der Waals surface area contributed by atoms with Crippen molar-refractivity contribution in [3.8, 4) is 5.75 Å². The highest BCUT2D eigenvalue weighted by Gasteiger charge is 2.28. The Labute approximate surface area is 119 Å². The first-order chi connectivity index (χ1) is 9.92. The summed E-state index contributed by atoms with van der Waals surface area (Å²) >= 11 is 0. The topological polar surface area (TPSA) is 139 Å². The molecule has 1 atom stereocenters. The van der Waals surface area contributed by atoms with Crippen molar-refractivity contribution in [3.63, 3.8) is 0 Å². The molecule has 0 radical (unpaired) electrons. The summed E-state index contributed by atoms with van der Waals surface area (Å²) < 4.78 is 4.90. The van der Waals surface area contributed by atoms with Crippen LogP contribution in [0.25, 0.3) is 0 Å². The molecule has 0 unspecified atom stereocenters. The van der Waals surface area contributed by atoms with Gasteiger partial charge in [0.1, 0.15) is 11.8 Å². The van der Waals surface area contributed by atoms with Gasteiger partial charge in [0.2, 0.25) is 0 Å². The Morgan fingerprint density at radius 3 is 2.62 bits per heavy atom. The van der Waals surface area contributed by atoms with Crippen LogP contribution in [0.2, 0.25) is 0 Å². The molecule has 0 fully saturated rings. The molecule has 0 spiro atoms. The zero-order chi connectivity index (χ0) is 16.0. The number of aliphatic carboxylic acids is 1. The van der Waals surface area contributed by atoms with E-state index in [2.05, 4.69) is 5.32 Å². The molecule has 0 aliphatic heterocycles. The summed E-state index contributed by atoms with van der Waals surface area (Å²) in [5.74, 6) is -2.36. The Balaban J connectivity index is 3.16. The predicted octanol–water partition coefficient (Wildman–Crippen LogP) is 0.169. The first-order valence-corrected chi connectivity index (χ1v) is 5.88. The third-order valence-electron chi connectivity index (χ3n) is 2.67. The fourth-order valence-electron chi connectivity index (χ4n) is 1.69. The summed E-state index contributed by atoms with van der Waals surface area (Å²) in [6.45, 7) is -0.453. The molecule has 114 valence electrons. The van der Waals surface area contributed by atoms with Crippen LogP contribution >= 0.6 is 0 Å². The highest BCUT2D eigenvalue weighted by molar-refractivity contribution is 6.02. The summed E-state index contributed by atoms with van der Waals surface area (Å²) in [4.78, 5) is 33.2. The third-order valence-corrected chi connectivity index (χ3v) is 2.67. The van der Waals surface area contributed by atoms with Gasteiger partial charge in [-0.3, -0.25) is 14.9 Å². The minimum Gasteiger partial charge on any atom is -0.496 e. The van der Waals surface area contributed by atoms with Crippen molar-refractivity contribution in [3.05, 3.63) is 33.9 Å². The van der Waals surface area contributed by atoms with E-state index in [-0.39, 0.29) is 17.7 Å². The molecule has 9 nitrogen and oxygen atoms in total. The number of carbonyl (C=O) groups is 2.